The molecule has 0 amide bonds. The minimum Gasteiger partial charge on any atom is -0.496 e. The van der Waals surface area contributed by atoms with Crippen molar-refractivity contribution < 1.29 is 38.4 Å². The fraction of sp³-hybridized carbons (Fsp3) is 0.136. The third-order valence-corrected chi connectivity index (χ3v) is 9.57. The van der Waals surface area contributed by atoms with Crippen molar-refractivity contribution in [1.29, 1.82) is 0 Å². The van der Waals surface area contributed by atoms with E-state index in [4.69, 9.17) is 18.9 Å². The maximum Gasteiger partial charge on any atom is 0.343 e. The Labute approximate surface area is 321 Å². The van der Waals surface area contributed by atoms with Crippen LogP contribution in [0.25, 0.3) is 0 Å². The number of nitro groups is 2. The lowest BCUT2D eigenvalue weighted by Crippen LogP contribution is -2.14. The molecular formula is C44H34N2O10. The van der Waals surface area contributed by atoms with Gasteiger partial charge in [0.25, 0.3) is 11.4 Å². The fourth-order valence-electron chi connectivity index (χ4n) is 7.10. The number of ether oxygens (including phenoxy) is 4. The lowest BCUT2D eigenvalue weighted by Gasteiger charge is -2.21. The van der Waals surface area contributed by atoms with Crippen LogP contribution in [0.15, 0.2) is 121 Å². The number of rotatable bonds is 8. The number of nitro benzene ring substituents is 2. The zero-order valence-electron chi connectivity index (χ0n) is 30.4. The summed E-state index contributed by atoms with van der Waals surface area (Å²) in [6.45, 7) is 0. The molecule has 0 unspecified atom stereocenters. The lowest BCUT2D eigenvalue weighted by atomic mass is 9.90. The van der Waals surface area contributed by atoms with Crippen molar-refractivity contribution in [2.75, 3.05) is 14.2 Å². The Balaban J connectivity index is 1.49. The summed E-state index contributed by atoms with van der Waals surface area (Å²) in [6, 6.07) is 33.1. The van der Waals surface area contributed by atoms with E-state index in [9.17, 15) is 29.8 Å². The quantitative estimate of drug-likeness (QED) is 0.0637. The maximum absolute atomic E-state index is 13.6. The second-order valence-corrected chi connectivity index (χ2v) is 13.1. The summed E-state index contributed by atoms with van der Waals surface area (Å²) >= 11 is 0. The van der Waals surface area contributed by atoms with E-state index in [0.29, 0.717) is 67.1 Å². The van der Waals surface area contributed by atoms with Crippen molar-refractivity contribution in [3.63, 3.8) is 0 Å². The number of benzene rings is 6. The molecular weight excluding hydrogens is 716 g/mol. The highest BCUT2D eigenvalue weighted by Gasteiger charge is 2.27. The Morgan fingerprint density at radius 2 is 0.750 bits per heavy atom. The first kappa shape index (κ1) is 37.0. The van der Waals surface area contributed by atoms with Crippen LogP contribution in [0.1, 0.15) is 65.2 Å². The molecule has 1 aliphatic rings. The van der Waals surface area contributed by atoms with Gasteiger partial charge in [-0.15, -0.1) is 0 Å². The van der Waals surface area contributed by atoms with Gasteiger partial charge in [0.05, 0.1) is 35.2 Å². The average molecular weight is 751 g/mol. The van der Waals surface area contributed by atoms with Crippen molar-refractivity contribution in [2.24, 2.45) is 0 Å². The van der Waals surface area contributed by atoms with Gasteiger partial charge in [-0.25, -0.2) is 9.59 Å². The van der Waals surface area contributed by atoms with Crippen LogP contribution in [-0.4, -0.2) is 36.0 Å². The van der Waals surface area contributed by atoms with Crippen LogP contribution in [0.4, 0.5) is 11.4 Å². The number of esters is 2. The fourth-order valence-corrected chi connectivity index (χ4v) is 7.10. The zero-order chi connectivity index (χ0) is 39.3. The van der Waals surface area contributed by atoms with Gasteiger partial charge in [-0.2, -0.15) is 0 Å². The van der Waals surface area contributed by atoms with E-state index >= 15 is 0 Å². The SMILES string of the molecule is COc1c2cc([N+](=O)[O-])cc1Cc1cccc(c1OC(=O)c1ccccc1)Cc1cc([N+](=O)[O-])cc(c1OC)Cc1cccc(c1OC(=O)c1ccccc1)C2. The molecule has 12 nitrogen and oxygen atoms in total. The smallest absolute Gasteiger partial charge is 0.343 e. The summed E-state index contributed by atoms with van der Waals surface area (Å²) in [5.41, 5.74) is 3.99. The first-order valence-electron chi connectivity index (χ1n) is 17.6. The van der Waals surface area contributed by atoms with Gasteiger partial charge < -0.3 is 18.9 Å². The van der Waals surface area contributed by atoms with Gasteiger partial charge in [-0.3, -0.25) is 20.2 Å². The summed E-state index contributed by atoms with van der Waals surface area (Å²) < 4.78 is 24.2. The van der Waals surface area contributed by atoms with Crippen LogP contribution in [-0.2, 0) is 25.7 Å². The molecule has 0 aromatic heterocycles. The average Bonchev–Trinajstić information content (AvgIpc) is 3.20. The van der Waals surface area contributed by atoms with Gasteiger partial charge in [0.1, 0.15) is 23.0 Å². The van der Waals surface area contributed by atoms with E-state index in [2.05, 4.69) is 0 Å². The maximum atomic E-state index is 13.6. The number of fused-ring (bicyclic) bond motifs is 8. The van der Waals surface area contributed by atoms with Crippen LogP contribution in [0.2, 0.25) is 0 Å². The molecule has 0 N–H and O–H groups in total. The van der Waals surface area contributed by atoms with Crippen LogP contribution in [0, 0.1) is 20.2 Å². The Morgan fingerprint density at radius 1 is 0.446 bits per heavy atom. The van der Waals surface area contributed by atoms with Crippen LogP contribution in [0.5, 0.6) is 23.0 Å². The minimum atomic E-state index is -0.636. The first-order chi connectivity index (χ1) is 27.1. The van der Waals surface area contributed by atoms with E-state index in [1.807, 2.05) is 0 Å². The van der Waals surface area contributed by atoms with Gasteiger partial charge >= 0.3 is 11.9 Å². The Kier molecular flexibility index (Phi) is 10.5. The van der Waals surface area contributed by atoms with Crippen molar-refractivity contribution in [3.05, 3.63) is 197 Å². The minimum absolute atomic E-state index is 0.0380. The predicted octanol–water partition coefficient (Wildman–Crippen LogP) is 8.64. The van der Waals surface area contributed by atoms with Crippen molar-refractivity contribution in [1.82, 2.24) is 0 Å². The van der Waals surface area contributed by atoms with E-state index in [1.54, 1.807) is 97.1 Å². The highest BCUT2D eigenvalue weighted by atomic mass is 16.6. The molecule has 0 heterocycles. The molecule has 56 heavy (non-hydrogen) atoms. The second kappa shape index (κ2) is 15.9. The Hall–Kier alpha value is -7.34. The summed E-state index contributed by atoms with van der Waals surface area (Å²) in [5, 5.41) is 24.8. The van der Waals surface area contributed by atoms with Crippen molar-refractivity contribution >= 4 is 23.3 Å². The molecule has 0 fully saturated rings. The Bertz CT molecular complexity index is 2240. The van der Waals surface area contributed by atoms with E-state index < -0.39 is 21.8 Å². The summed E-state index contributed by atoms with van der Waals surface area (Å²) in [5.74, 6) is -0.160. The monoisotopic (exact) mass is 750 g/mol. The number of hydrogen-bond donors (Lipinski definition) is 0. The zero-order valence-corrected chi connectivity index (χ0v) is 30.4. The van der Waals surface area contributed by atoms with Crippen LogP contribution in [0.3, 0.4) is 0 Å². The molecule has 0 spiro atoms. The molecule has 0 saturated heterocycles. The molecule has 6 aromatic rings. The van der Waals surface area contributed by atoms with Crippen LogP contribution < -0.4 is 18.9 Å². The summed E-state index contributed by atoms with van der Waals surface area (Å²) in [4.78, 5) is 51.0. The largest absolute Gasteiger partial charge is 0.496 e. The lowest BCUT2D eigenvalue weighted by molar-refractivity contribution is -0.385. The molecule has 0 saturated carbocycles. The number of non-ortho nitro benzene ring substituents is 2. The number of methoxy groups -OCH3 is 2. The van der Waals surface area contributed by atoms with E-state index in [1.165, 1.54) is 38.5 Å². The molecule has 1 aliphatic carbocycles. The normalized spacial score (nSPS) is 11.9. The van der Waals surface area contributed by atoms with E-state index in [0.717, 1.165) is 0 Å². The molecule has 0 radical (unpaired) electrons. The molecule has 0 atom stereocenters. The highest BCUT2D eigenvalue weighted by Crippen LogP contribution is 2.41. The number of carbonyl (C=O) groups is 2. The van der Waals surface area contributed by atoms with Gasteiger partial charge in [0.2, 0.25) is 0 Å². The second-order valence-electron chi connectivity index (χ2n) is 13.1. The van der Waals surface area contributed by atoms with Gasteiger partial charge in [0, 0.05) is 72.2 Å². The van der Waals surface area contributed by atoms with Gasteiger partial charge in [-0.1, -0.05) is 72.8 Å². The van der Waals surface area contributed by atoms with Gasteiger partial charge in [0.15, 0.2) is 0 Å². The summed E-state index contributed by atoms with van der Waals surface area (Å²) in [6.07, 6.45) is 0.152. The van der Waals surface area contributed by atoms with Gasteiger partial charge in [-0.05, 0) is 46.5 Å². The number of nitrogens with zero attached hydrogens (tertiary/aromatic N) is 2. The molecule has 7 rings (SSSR count). The van der Waals surface area contributed by atoms with Crippen LogP contribution >= 0.6 is 0 Å². The molecule has 0 aliphatic heterocycles. The number of para-hydroxylation sites is 2. The third-order valence-electron chi connectivity index (χ3n) is 9.57. The summed E-state index contributed by atoms with van der Waals surface area (Å²) in [7, 11) is 2.94. The third kappa shape index (κ3) is 7.66. The van der Waals surface area contributed by atoms with Crippen molar-refractivity contribution in [2.45, 2.75) is 25.7 Å². The number of hydrogen-bond acceptors (Lipinski definition) is 10. The number of carbonyl (C=O) groups excluding carboxylic acids is 2. The van der Waals surface area contributed by atoms with E-state index in [-0.39, 0.29) is 48.6 Å². The molecule has 12 heteroatoms. The molecule has 6 aromatic carbocycles. The standard InChI is InChI=1S/C44H34N2O10/c1-53-39-33-19-29-15-9-17-31(41(29)55-43(47)27-11-5-3-6-12-27)21-35-25-38(46(51)52)26-36(40(35)54-2)22-32-18-10-16-30(20-34(39)24-37(23-33)45(49)50)42(32)56-44(48)28-13-7-4-8-14-28/h3-18,23-26H,19-22H2,1-2H3. The highest BCUT2D eigenvalue weighted by molar-refractivity contribution is 5.92. The molecule has 280 valence electrons. The predicted molar refractivity (Wildman–Crippen MR) is 206 cm³/mol. The van der Waals surface area contributed by atoms with Crippen molar-refractivity contribution in [3.8, 4) is 23.0 Å². The molecule has 8 bridgehead atoms. The first-order valence-corrected chi connectivity index (χ1v) is 17.6. The topological polar surface area (TPSA) is 157 Å². The Morgan fingerprint density at radius 3 is 1.02 bits per heavy atom.